The van der Waals surface area contributed by atoms with E-state index in [1.54, 1.807) is 6.20 Å². The molecular formula is C5H6FNS2. The minimum absolute atomic E-state index is 0.302. The molecule has 1 N–H and O–H groups in total. The van der Waals surface area contributed by atoms with Crippen molar-refractivity contribution in [1.82, 2.24) is 4.98 Å². The Balaban J connectivity index is 2.73. The van der Waals surface area contributed by atoms with Crippen LogP contribution in [0.5, 0.6) is 0 Å². The van der Waals surface area contributed by atoms with Gasteiger partial charge in [0.05, 0.1) is 6.67 Å². The van der Waals surface area contributed by atoms with Crippen LogP contribution in [0.1, 0.15) is 4.88 Å². The van der Waals surface area contributed by atoms with Crippen LogP contribution in [-0.4, -0.2) is 11.7 Å². The van der Waals surface area contributed by atoms with E-state index < -0.39 is 0 Å². The lowest BCUT2D eigenvalue weighted by atomic mass is 10.4. The summed E-state index contributed by atoms with van der Waals surface area (Å²) in [4.78, 5) is 3.81. The molecule has 9 heavy (non-hydrogen) atoms. The summed E-state index contributed by atoms with van der Waals surface area (Å²) < 4.78 is 12.4. The molecule has 1 aromatic heterocycles. The molecule has 0 bridgehead atoms. The van der Waals surface area contributed by atoms with Crippen molar-refractivity contribution in [3.63, 3.8) is 0 Å². The molecule has 0 saturated heterocycles. The summed E-state index contributed by atoms with van der Waals surface area (Å²) in [5.41, 5.74) is 0. The lowest BCUT2D eigenvalue weighted by molar-refractivity contribution is 0.497. The van der Waals surface area contributed by atoms with E-state index in [4.69, 9.17) is 12.2 Å². The number of hydrogen-bond donors (Lipinski definition) is 1. The molecule has 0 atom stereocenters. The molecule has 0 aliphatic carbocycles. The van der Waals surface area contributed by atoms with E-state index in [0.717, 1.165) is 8.83 Å². The van der Waals surface area contributed by atoms with Gasteiger partial charge in [0.25, 0.3) is 0 Å². The zero-order valence-corrected chi connectivity index (χ0v) is 6.32. The minimum Gasteiger partial charge on any atom is -0.343 e. The second-order valence-corrected chi connectivity index (χ2v) is 3.39. The first-order valence-electron chi connectivity index (χ1n) is 2.56. The predicted molar refractivity (Wildman–Crippen MR) is 39.2 cm³/mol. The number of aromatic amines is 1. The van der Waals surface area contributed by atoms with Crippen molar-refractivity contribution in [2.24, 2.45) is 0 Å². The Bertz CT molecular complexity index is 227. The number of aryl methyl sites for hydroxylation is 1. The molecule has 1 aromatic rings. The van der Waals surface area contributed by atoms with Crippen molar-refractivity contribution in [3.8, 4) is 0 Å². The zero-order valence-electron chi connectivity index (χ0n) is 4.69. The average molecular weight is 163 g/mol. The van der Waals surface area contributed by atoms with Crippen LogP contribution in [0.4, 0.5) is 4.39 Å². The Labute approximate surface area is 61.5 Å². The molecule has 0 amide bonds. The van der Waals surface area contributed by atoms with Gasteiger partial charge >= 0.3 is 0 Å². The minimum atomic E-state index is -0.302. The van der Waals surface area contributed by atoms with Crippen LogP contribution in [0.25, 0.3) is 0 Å². The third kappa shape index (κ3) is 1.87. The highest BCUT2D eigenvalue weighted by Gasteiger charge is 1.92. The maximum absolute atomic E-state index is 11.6. The summed E-state index contributed by atoms with van der Waals surface area (Å²) in [6.07, 6.45) is 2.24. The summed E-state index contributed by atoms with van der Waals surface area (Å²) in [7, 11) is 0. The van der Waals surface area contributed by atoms with E-state index in [1.165, 1.54) is 11.3 Å². The SMILES string of the molecule is FCCc1c[nH]c(=S)s1. The largest absolute Gasteiger partial charge is 0.343 e. The van der Waals surface area contributed by atoms with Crippen LogP contribution in [0.3, 0.4) is 0 Å². The number of thiazole rings is 1. The highest BCUT2D eigenvalue weighted by Crippen LogP contribution is 2.08. The predicted octanol–water partition coefficient (Wildman–Crippen LogP) is 2.32. The fourth-order valence-electron chi connectivity index (χ4n) is 0.534. The first kappa shape index (κ1) is 6.89. The summed E-state index contributed by atoms with van der Waals surface area (Å²) in [6.45, 7) is -0.302. The monoisotopic (exact) mass is 163 g/mol. The van der Waals surface area contributed by atoms with Crippen molar-refractivity contribution in [3.05, 3.63) is 15.0 Å². The smallest absolute Gasteiger partial charge is 0.158 e. The highest BCUT2D eigenvalue weighted by atomic mass is 32.1. The normalized spacial score (nSPS) is 9.89. The molecule has 0 spiro atoms. The molecule has 1 nitrogen and oxygen atoms in total. The van der Waals surface area contributed by atoms with Gasteiger partial charge in [-0.05, 0) is 12.2 Å². The van der Waals surface area contributed by atoms with E-state index in [9.17, 15) is 4.39 Å². The maximum Gasteiger partial charge on any atom is 0.158 e. The Kier molecular flexibility index (Phi) is 2.36. The van der Waals surface area contributed by atoms with Gasteiger partial charge in [-0.1, -0.05) is 0 Å². The standard InChI is InChI=1S/C5H6FNS2/c6-2-1-4-3-7-5(8)9-4/h3H,1-2H2,(H,7,8). The van der Waals surface area contributed by atoms with E-state index in [-0.39, 0.29) is 6.67 Å². The van der Waals surface area contributed by atoms with Crippen molar-refractivity contribution in [2.45, 2.75) is 6.42 Å². The number of H-pyrrole nitrogens is 1. The molecular weight excluding hydrogens is 157 g/mol. The lowest BCUT2D eigenvalue weighted by Gasteiger charge is -1.82. The van der Waals surface area contributed by atoms with Crippen LogP contribution in [0.15, 0.2) is 6.20 Å². The number of hydrogen-bond acceptors (Lipinski definition) is 2. The number of rotatable bonds is 2. The molecule has 0 saturated carbocycles. The van der Waals surface area contributed by atoms with Gasteiger partial charge in [0.15, 0.2) is 3.95 Å². The van der Waals surface area contributed by atoms with E-state index in [0.29, 0.717) is 6.42 Å². The molecule has 50 valence electrons. The Morgan fingerprint density at radius 3 is 3.00 bits per heavy atom. The van der Waals surface area contributed by atoms with E-state index in [1.807, 2.05) is 0 Å². The third-order valence-corrected chi connectivity index (χ3v) is 2.17. The Morgan fingerprint density at radius 1 is 1.78 bits per heavy atom. The Morgan fingerprint density at radius 2 is 2.56 bits per heavy atom. The third-order valence-electron chi connectivity index (χ3n) is 0.916. The fraction of sp³-hybridized carbons (Fsp3) is 0.400. The Hall–Kier alpha value is -0.220. The molecule has 0 fully saturated rings. The number of nitrogens with one attached hydrogen (secondary N) is 1. The number of alkyl halides is 1. The molecule has 0 aromatic carbocycles. The average Bonchev–Trinajstić information content (AvgIpc) is 2.17. The second kappa shape index (κ2) is 3.08. The van der Waals surface area contributed by atoms with Gasteiger partial charge in [0.2, 0.25) is 0 Å². The van der Waals surface area contributed by atoms with Crippen molar-refractivity contribution in [2.75, 3.05) is 6.67 Å². The molecule has 0 aliphatic heterocycles. The first-order valence-corrected chi connectivity index (χ1v) is 3.79. The second-order valence-electron chi connectivity index (χ2n) is 1.58. The highest BCUT2D eigenvalue weighted by molar-refractivity contribution is 7.73. The number of aromatic nitrogens is 1. The van der Waals surface area contributed by atoms with Gasteiger partial charge in [-0.25, -0.2) is 0 Å². The van der Waals surface area contributed by atoms with Crippen LogP contribution < -0.4 is 0 Å². The van der Waals surface area contributed by atoms with Crippen molar-refractivity contribution in [1.29, 1.82) is 0 Å². The van der Waals surface area contributed by atoms with Gasteiger partial charge < -0.3 is 4.98 Å². The fourth-order valence-corrected chi connectivity index (χ4v) is 1.57. The topological polar surface area (TPSA) is 15.8 Å². The van der Waals surface area contributed by atoms with E-state index in [2.05, 4.69) is 4.98 Å². The maximum atomic E-state index is 11.6. The van der Waals surface area contributed by atoms with Gasteiger partial charge in [-0.2, -0.15) is 0 Å². The van der Waals surface area contributed by atoms with Gasteiger partial charge in [-0.3, -0.25) is 4.39 Å². The van der Waals surface area contributed by atoms with Gasteiger partial charge in [0, 0.05) is 17.5 Å². The summed E-state index contributed by atoms with van der Waals surface area (Å²) in [5, 5.41) is 0. The first-order chi connectivity index (χ1) is 4.33. The molecule has 0 radical (unpaired) electrons. The van der Waals surface area contributed by atoms with E-state index >= 15 is 0 Å². The molecule has 1 rings (SSSR count). The van der Waals surface area contributed by atoms with Gasteiger partial charge in [0.1, 0.15) is 0 Å². The summed E-state index contributed by atoms with van der Waals surface area (Å²) in [6, 6.07) is 0. The molecule has 4 heteroatoms. The molecule has 0 unspecified atom stereocenters. The van der Waals surface area contributed by atoms with Crippen LogP contribution in [0.2, 0.25) is 0 Å². The van der Waals surface area contributed by atoms with Crippen LogP contribution in [-0.2, 0) is 6.42 Å². The summed E-state index contributed by atoms with van der Waals surface area (Å²) >= 11 is 6.22. The molecule has 0 aliphatic rings. The van der Waals surface area contributed by atoms with Crippen LogP contribution >= 0.6 is 23.6 Å². The van der Waals surface area contributed by atoms with Crippen molar-refractivity contribution >= 4 is 23.6 Å². The van der Waals surface area contributed by atoms with Crippen LogP contribution in [0, 0.1) is 3.95 Å². The quantitative estimate of drug-likeness (QED) is 0.661. The summed E-state index contributed by atoms with van der Waals surface area (Å²) in [5.74, 6) is 0. The lowest BCUT2D eigenvalue weighted by Crippen LogP contribution is -1.78. The van der Waals surface area contributed by atoms with Crippen molar-refractivity contribution < 1.29 is 4.39 Å². The number of halogens is 1. The molecule has 1 heterocycles. The zero-order chi connectivity index (χ0) is 6.69. The van der Waals surface area contributed by atoms with Gasteiger partial charge in [-0.15, -0.1) is 11.3 Å².